The van der Waals surface area contributed by atoms with Crippen LogP contribution in [0.5, 0.6) is 0 Å². The maximum absolute atomic E-state index is 5.67. The lowest BCUT2D eigenvalue weighted by atomic mass is 10.1. The topological polar surface area (TPSA) is 25.2 Å². The Morgan fingerprint density at radius 1 is 1.39 bits per heavy atom. The molecule has 0 fully saturated rings. The second-order valence-electron chi connectivity index (χ2n) is 4.32. The molecule has 0 bridgehead atoms. The zero-order chi connectivity index (χ0) is 12.8. The molecule has 0 saturated carbocycles. The van der Waals surface area contributed by atoms with Gasteiger partial charge in [0.1, 0.15) is 5.76 Å². The summed E-state index contributed by atoms with van der Waals surface area (Å²) in [6.45, 7) is 3.20. The summed E-state index contributed by atoms with van der Waals surface area (Å²) in [5.41, 5.74) is 1.41. The van der Waals surface area contributed by atoms with E-state index in [1.807, 2.05) is 12.1 Å². The predicted molar refractivity (Wildman–Crippen MR) is 80.1 cm³/mol. The number of rotatable bonds is 7. The van der Waals surface area contributed by atoms with Gasteiger partial charge in [0.2, 0.25) is 0 Å². The van der Waals surface area contributed by atoms with E-state index >= 15 is 0 Å². The summed E-state index contributed by atoms with van der Waals surface area (Å²) in [5.74, 6) is 1.02. The van der Waals surface area contributed by atoms with Crippen LogP contribution in [0.3, 0.4) is 0 Å². The van der Waals surface area contributed by atoms with E-state index < -0.39 is 0 Å². The summed E-state index contributed by atoms with van der Waals surface area (Å²) < 4.78 is 6.47. The summed E-state index contributed by atoms with van der Waals surface area (Å²) in [5, 5.41) is 7.90. The van der Waals surface area contributed by atoms with Gasteiger partial charge in [-0.05, 0) is 76.3 Å². The van der Waals surface area contributed by atoms with Crippen molar-refractivity contribution in [1.29, 1.82) is 0 Å². The maximum Gasteiger partial charge on any atom is 0.169 e. The summed E-state index contributed by atoms with van der Waals surface area (Å²) >= 11 is 5.12. The van der Waals surface area contributed by atoms with Gasteiger partial charge in [0.15, 0.2) is 4.67 Å². The second kappa shape index (κ2) is 7.12. The number of hydrogen-bond donors (Lipinski definition) is 1. The van der Waals surface area contributed by atoms with Gasteiger partial charge in [-0.2, -0.15) is 11.3 Å². The monoisotopic (exact) mass is 327 g/mol. The Morgan fingerprint density at radius 3 is 2.89 bits per heavy atom. The van der Waals surface area contributed by atoms with Crippen molar-refractivity contribution in [2.75, 3.05) is 6.54 Å². The molecule has 2 aromatic heterocycles. The standard InChI is InChI=1S/C14H18BrNOS/c1-2-8-16-12(13-5-6-14(15)17-13)4-3-11-7-9-18-10-11/h5-7,9-10,12,16H,2-4,8H2,1H3. The molecule has 1 atom stereocenters. The first-order chi connectivity index (χ1) is 8.79. The Labute approximate surface area is 121 Å². The van der Waals surface area contributed by atoms with Gasteiger partial charge in [0.25, 0.3) is 0 Å². The fourth-order valence-electron chi connectivity index (χ4n) is 1.92. The van der Waals surface area contributed by atoms with E-state index in [-0.39, 0.29) is 0 Å². The molecular formula is C14H18BrNOS. The summed E-state index contributed by atoms with van der Waals surface area (Å²) in [4.78, 5) is 0. The molecule has 0 aliphatic heterocycles. The number of nitrogens with one attached hydrogen (secondary N) is 1. The van der Waals surface area contributed by atoms with Crippen molar-refractivity contribution in [1.82, 2.24) is 5.32 Å². The summed E-state index contributed by atoms with van der Waals surface area (Å²) in [7, 11) is 0. The van der Waals surface area contributed by atoms with Gasteiger partial charge in [0, 0.05) is 0 Å². The molecule has 2 heterocycles. The zero-order valence-corrected chi connectivity index (χ0v) is 12.9. The van der Waals surface area contributed by atoms with Crippen molar-refractivity contribution in [3.63, 3.8) is 0 Å². The highest BCUT2D eigenvalue weighted by Crippen LogP contribution is 2.24. The lowest BCUT2D eigenvalue weighted by Crippen LogP contribution is -2.22. The van der Waals surface area contributed by atoms with Crippen LogP contribution < -0.4 is 5.32 Å². The highest BCUT2D eigenvalue weighted by Gasteiger charge is 2.14. The predicted octanol–water partition coefficient (Wildman–Crippen LogP) is 4.78. The molecular weight excluding hydrogens is 310 g/mol. The van der Waals surface area contributed by atoms with Gasteiger partial charge in [-0.25, -0.2) is 0 Å². The van der Waals surface area contributed by atoms with Crippen molar-refractivity contribution in [3.05, 3.63) is 45.0 Å². The third-order valence-electron chi connectivity index (χ3n) is 2.88. The molecule has 2 nitrogen and oxygen atoms in total. The largest absolute Gasteiger partial charge is 0.453 e. The minimum absolute atomic E-state index is 0.302. The Hall–Kier alpha value is -0.580. The van der Waals surface area contributed by atoms with Crippen LogP contribution in [0.1, 0.15) is 37.1 Å². The van der Waals surface area contributed by atoms with Gasteiger partial charge in [-0.15, -0.1) is 0 Å². The molecule has 0 spiro atoms. The summed E-state index contributed by atoms with van der Waals surface area (Å²) in [6.07, 6.45) is 3.29. The van der Waals surface area contributed by atoms with Crippen LogP contribution in [0.2, 0.25) is 0 Å². The first-order valence-corrected chi connectivity index (χ1v) is 8.03. The van der Waals surface area contributed by atoms with E-state index in [2.05, 4.69) is 45.0 Å². The minimum Gasteiger partial charge on any atom is -0.453 e. The Balaban J connectivity index is 1.96. The van der Waals surface area contributed by atoms with Crippen molar-refractivity contribution in [2.45, 2.75) is 32.2 Å². The second-order valence-corrected chi connectivity index (χ2v) is 5.88. The highest BCUT2D eigenvalue weighted by atomic mass is 79.9. The van der Waals surface area contributed by atoms with Gasteiger partial charge < -0.3 is 9.73 Å². The fourth-order valence-corrected chi connectivity index (χ4v) is 2.95. The number of halogens is 1. The van der Waals surface area contributed by atoms with Crippen LogP contribution in [-0.2, 0) is 6.42 Å². The quantitative estimate of drug-likeness (QED) is 0.791. The molecule has 18 heavy (non-hydrogen) atoms. The van der Waals surface area contributed by atoms with Crippen LogP contribution in [-0.4, -0.2) is 6.54 Å². The average Bonchev–Trinajstić information content (AvgIpc) is 3.01. The molecule has 0 aliphatic carbocycles. The smallest absolute Gasteiger partial charge is 0.169 e. The molecule has 4 heteroatoms. The lowest BCUT2D eigenvalue weighted by Gasteiger charge is -2.15. The highest BCUT2D eigenvalue weighted by molar-refractivity contribution is 9.10. The van der Waals surface area contributed by atoms with Gasteiger partial charge in [-0.3, -0.25) is 0 Å². The van der Waals surface area contributed by atoms with Crippen molar-refractivity contribution in [3.8, 4) is 0 Å². The first-order valence-electron chi connectivity index (χ1n) is 6.29. The van der Waals surface area contributed by atoms with E-state index in [0.29, 0.717) is 6.04 Å². The zero-order valence-electron chi connectivity index (χ0n) is 10.5. The number of furan rings is 1. The van der Waals surface area contributed by atoms with E-state index in [9.17, 15) is 0 Å². The molecule has 0 amide bonds. The first kappa shape index (κ1) is 13.8. The van der Waals surface area contributed by atoms with Gasteiger partial charge in [0.05, 0.1) is 6.04 Å². The maximum atomic E-state index is 5.67. The molecule has 0 aliphatic rings. The minimum atomic E-state index is 0.302. The Kier molecular flexibility index (Phi) is 5.47. The molecule has 98 valence electrons. The normalized spacial score (nSPS) is 12.8. The van der Waals surface area contributed by atoms with Crippen molar-refractivity contribution >= 4 is 27.3 Å². The van der Waals surface area contributed by atoms with Crippen LogP contribution in [0.4, 0.5) is 0 Å². The molecule has 0 saturated heterocycles. The summed E-state index contributed by atoms with van der Waals surface area (Å²) in [6, 6.07) is 6.50. The fraction of sp³-hybridized carbons (Fsp3) is 0.429. The molecule has 0 radical (unpaired) electrons. The SMILES string of the molecule is CCCNC(CCc1ccsc1)c1ccc(Br)o1. The van der Waals surface area contributed by atoms with Crippen LogP contribution in [0.25, 0.3) is 0 Å². The van der Waals surface area contributed by atoms with Crippen LogP contribution in [0, 0.1) is 0 Å². The van der Waals surface area contributed by atoms with Gasteiger partial charge >= 0.3 is 0 Å². The molecule has 2 aromatic rings. The van der Waals surface area contributed by atoms with E-state index in [4.69, 9.17) is 4.42 Å². The molecule has 1 unspecified atom stereocenters. The number of hydrogen-bond acceptors (Lipinski definition) is 3. The molecule has 0 aromatic carbocycles. The average molecular weight is 328 g/mol. The number of thiophene rings is 1. The van der Waals surface area contributed by atoms with Crippen molar-refractivity contribution in [2.24, 2.45) is 0 Å². The van der Waals surface area contributed by atoms with E-state index in [1.165, 1.54) is 5.56 Å². The Bertz CT molecular complexity index is 452. The molecule has 2 rings (SSSR count). The van der Waals surface area contributed by atoms with Crippen LogP contribution >= 0.6 is 27.3 Å². The third kappa shape index (κ3) is 3.97. The third-order valence-corrected chi connectivity index (χ3v) is 4.04. The van der Waals surface area contributed by atoms with E-state index in [0.717, 1.165) is 36.2 Å². The lowest BCUT2D eigenvalue weighted by molar-refractivity contribution is 0.387. The van der Waals surface area contributed by atoms with Gasteiger partial charge in [-0.1, -0.05) is 6.92 Å². The molecule has 1 N–H and O–H groups in total. The Morgan fingerprint density at radius 2 is 2.28 bits per heavy atom. The van der Waals surface area contributed by atoms with E-state index in [1.54, 1.807) is 11.3 Å². The number of aryl methyl sites for hydroxylation is 1. The van der Waals surface area contributed by atoms with Crippen molar-refractivity contribution < 1.29 is 4.42 Å². The van der Waals surface area contributed by atoms with Crippen LogP contribution in [0.15, 0.2) is 38.0 Å².